The Balaban J connectivity index is 1.70. The van der Waals surface area contributed by atoms with Crippen LogP contribution in [-0.2, 0) is 6.42 Å². The summed E-state index contributed by atoms with van der Waals surface area (Å²) in [5, 5.41) is 0. The topological polar surface area (TPSA) is 68.5 Å². The van der Waals surface area contributed by atoms with Crippen molar-refractivity contribution in [2.45, 2.75) is 45.3 Å². The van der Waals surface area contributed by atoms with Gasteiger partial charge in [0.2, 0.25) is 5.88 Å². The SMILES string of the molecule is Cc1cccc(OC2(C)CCCCN2CCc2ccc(C(N)=O)c(F)c2)n1. The third-order valence-corrected chi connectivity index (χ3v) is 5.14. The summed E-state index contributed by atoms with van der Waals surface area (Å²) in [7, 11) is 0. The van der Waals surface area contributed by atoms with E-state index in [0.29, 0.717) is 12.3 Å². The third kappa shape index (κ3) is 4.63. The van der Waals surface area contributed by atoms with E-state index in [1.807, 2.05) is 25.1 Å². The molecule has 0 spiro atoms. The molecule has 1 amide bonds. The van der Waals surface area contributed by atoms with Crippen LogP contribution in [0.2, 0.25) is 0 Å². The van der Waals surface area contributed by atoms with Crippen LogP contribution in [0.25, 0.3) is 0 Å². The number of halogens is 1. The van der Waals surface area contributed by atoms with E-state index >= 15 is 0 Å². The van der Waals surface area contributed by atoms with E-state index in [2.05, 4.69) is 16.8 Å². The minimum Gasteiger partial charge on any atom is -0.456 e. The molecule has 0 bridgehead atoms. The number of pyridine rings is 1. The molecule has 5 nitrogen and oxygen atoms in total. The van der Waals surface area contributed by atoms with E-state index in [0.717, 1.165) is 43.6 Å². The smallest absolute Gasteiger partial charge is 0.251 e. The Labute approximate surface area is 159 Å². The lowest BCUT2D eigenvalue weighted by atomic mass is 9.98. The minimum absolute atomic E-state index is 0.0737. The monoisotopic (exact) mass is 371 g/mol. The zero-order valence-electron chi connectivity index (χ0n) is 15.9. The number of nitrogens with zero attached hydrogens (tertiary/aromatic N) is 2. The van der Waals surface area contributed by atoms with E-state index in [1.165, 1.54) is 12.1 Å². The van der Waals surface area contributed by atoms with E-state index in [-0.39, 0.29) is 5.56 Å². The number of carbonyl (C=O) groups excluding carboxylic acids is 1. The van der Waals surface area contributed by atoms with Gasteiger partial charge in [-0.2, -0.15) is 0 Å². The summed E-state index contributed by atoms with van der Waals surface area (Å²) in [6, 6.07) is 10.4. The number of benzene rings is 1. The van der Waals surface area contributed by atoms with Gasteiger partial charge in [0.05, 0.1) is 5.56 Å². The molecule has 1 fully saturated rings. The number of aryl methyl sites for hydroxylation is 1. The van der Waals surface area contributed by atoms with Crippen LogP contribution < -0.4 is 10.5 Å². The average molecular weight is 371 g/mol. The summed E-state index contributed by atoms with van der Waals surface area (Å²) < 4.78 is 20.3. The van der Waals surface area contributed by atoms with Gasteiger partial charge in [-0.25, -0.2) is 9.37 Å². The molecular formula is C21H26FN3O2. The number of hydrogen-bond donors (Lipinski definition) is 1. The van der Waals surface area contributed by atoms with Gasteiger partial charge in [-0.1, -0.05) is 12.1 Å². The Morgan fingerprint density at radius 2 is 2.15 bits per heavy atom. The summed E-state index contributed by atoms with van der Waals surface area (Å²) in [5.41, 5.74) is 6.40. The lowest BCUT2D eigenvalue weighted by molar-refractivity contribution is -0.0977. The molecule has 2 heterocycles. The molecule has 1 aromatic carbocycles. The van der Waals surface area contributed by atoms with Crippen LogP contribution in [-0.4, -0.2) is 34.6 Å². The van der Waals surface area contributed by atoms with Crippen molar-refractivity contribution >= 4 is 5.91 Å². The Kier molecular flexibility index (Phi) is 5.75. The predicted octanol–water partition coefficient (Wildman–Crippen LogP) is 3.45. The summed E-state index contributed by atoms with van der Waals surface area (Å²) in [6.45, 7) is 5.69. The first-order valence-electron chi connectivity index (χ1n) is 9.33. The van der Waals surface area contributed by atoms with Gasteiger partial charge in [0, 0.05) is 31.3 Å². The second-order valence-corrected chi connectivity index (χ2v) is 7.27. The van der Waals surface area contributed by atoms with Crippen LogP contribution in [0.15, 0.2) is 36.4 Å². The van der Waals surface area contributed by atoms with Crippen LogP contribution in [0.3, 0.4) is 0 Å². The molecule has 6 heteroatoms. The maximum Gasteiger partial charge on any atom is 0.251 e. The summed E-state index contributed by atoms with van der Waals surface area (Å²) in [6.07, 6.45) is 3.78. The van der Waals surface area contributed by atoms with Crippen LogP contribution in [0.1, 0.15) is 47.8 Å². The second-order valence-electron chi connectivity index (χ2n) is 7.27. The standard InChI is InChI=1S/C21H26FN3O2/c1-15-6-5-7-19(24-15)27-21(2)11-3-4-12-25(21)13-10-16-8-9-17(20(23)26)18(22)14-16/h5-9,14H,3-4,10-13H2,1-2H3,(H2,23,26). The minimum atomic E-state index is -0.748. The summed E-state index contributed by atoms with van der Waals surface area (Å²) in [4.78, 5) is 17.9. The van der Waals surface area contributed by atoms with Gasteiger partial charge in [-0.05, 0) is 56.9 Å². The van der Waals surface area contributed by atoms with Crippen molar-refractivity contribution in [1.82, 2.24) is 9.88 Å². The number of primary amides is 1. The molecule has 0 aliphatic carbocycles. The number of aromatic nitrogens is 1. The van der Waals surface area contributed by atoms with Gasteiger partial charge in [0.1, 0.15) is 5.82 Å². The Bertz CT molecular complexity index is 827. The van der Waals surface area contributed by atoms with Crippen molar-refractivity contribution in [2.24, 2.45) is 5.73 Å². The van der Waals surface area contributed by atoms with Gasteiger partial charge >= 0.3 is 0 Å². The van der Waals surface area contributed by atoms with Gasteiger partial charge in [0.15, 0.2) is 5.72 Å². The molecule has 1 aromatic heterocycles. The normalized spacial score (nSPS) is 20.4. The molecule has 0 saturated carbocycles. The van der Waals surface area contributed by atoms with Crippen LogP contribution in [0.4, 0.5) is 4.39 Å². The fraction of sp³-hybridized carbons (Fsp3) is 0.429. The molecule has 1 aliphatic rings. The first-order valence-corrected chi connectivity index (χ1v) is 9.33. The molecule has 1 aliphatic heterocycles. The molecule has 144 valence electrons. The van der Waals surface area contributed by atoms with Crippen molar-refractivity contribution in [3.8, 4) is 5.88 Å². The van der Waals surface area contributed by atoms with Gasteiger partial charge < -0.3 is 10.5 Å². The first-order chi connectivity index (χ1) is 12.9. The van der Waals surface area contributed by atoms with Crippen molar-refractivity contribution in [3.63, 3.8) is 0 Å². The van der Waals surface area contributed by atoms with E-state index in [1.54, 1.807) is 6.07 Å². The highest BCUT2D eigenvalue weighted by Gasteiger charge is 2.36. The summed E-state index contributed by atoms with van der Waals surface area (Å²) >= 11 is 0. The average Bonchev–Trinajstić information content (AvgIpc) is 2.60. The molecule has 3 rings (SSSR count). The first kappa shape index (κ1) is 19.3. The number of hydrogen-bond acceptors (Lipinski definition) is 4. The molecule has 27 heavy (non-hydrogen) atoms. The van der Waals surface area contributed by atoms with E-state index in [4.69, 9.17) is 10.5 Å². The predicted molar refractivity (Wildman–Crippen MR) is 102 cm³/mol. The number of nitrogens with two attached hydrogens (primary N) is 1. The Hall–Kier alpha value is -2.47. The van der Waals surface area contributed by atoms with Crippen LogP contribution in [0, 0.1) is 12.7 Å². The molecule has 1 atom stereocenters. The van der Waals surface area contributed by atoms with Gasteiger partial charge in [-0.3, -0.25) is 9.69 Å². The molecule has 1 unspecified atom stereocenters. The van der Waals surface area contributed by atoms with Crippen molar-refractivity contribution in [2.75, 3.05) is 13.1 Å². The van der Waals surface area contributed by atoms with Crippen LogP contribution >= 0.6 is 0 Å². The maximum absolute atomic E-state index is 14.0. The molecule has 2 aromatic rings. The molecule has 2 N–H and O–H groups in total. The second kappa shape index (κ2) is 8.05. The Morgan fingerprint density at radius 3 is 2.85 bits per heavy atom. The lowest BCUT2D eigenvalue weighted by Crippen LogP contribution is -2.54. The number of rotatable bonds is 6. The highest BCUT2D eigenvalue weighted by molar-refractivity contribution is 5.93. The molecule has 1 saturated heterocycles. The number of amides is 1. The number of carbonyl (C=O) groups is 1. The lowest BCUT2D eigenvalue weighted by Gasteiger charge is -2.44. The largest absolute Gasteiger partial charge is 0.456 e. The summed E-state index contributed by atoms with van der Waals surface area (Å²) in [5.74, 6) is -0.690. The Morgan fingerprint density at radius 1 is 1.33 bits per heavy atom. The van der Waals surface area contributed by atoms with E-state index < -0.39 is 17.4 Å². The van der Waals surface area contributed by atoms with Crippen molar-refractivity contribution < 1.29 is 13.9 Å². The highest BCUT2D eigenvalue weighted by Crippen LogP contribution is 2.30. The quantitative estimate of drug-likeness (QED) is 0.844. The van der Waals surface area contributed by atoms with Crippen molar-refractivity contribution in [3.05, 3.63) is 59.0 Å². The highest BCUT2D eigenvalue weighted by atomic mass is 19.1. The number of piperidine rings is 1. The number of likely N-dealkylation sites (tertiary alicyclic amines) is 1. The molecular weight excluding hydrogens is 345 g/mol. The zero-order valence-corrected chi connectivity index (χ0v) is 15.9. The van der Waals surface area contributed by atoms with Gasteiger partial charge in [-0.15, -0.1) is 0 Å². The fourth-order valence-electron chi connectivity index (χ4n) is 3.59. The van der Waals surface area contributed by atoms with Crippen LogP contribution in [0.5, 0.6) is 5.88 Å². The molecule has 0 radical (unpaired) electrons. The fourth-order valence-corrected chi connectivity index (χ4v) is 3.59. The maximum atomic E-state index is 14.0. The third-order valence-electron chi connectivity index (χ3n) is 5.14. The van der Waals surface area contributed by atoms with E-state index in [9.17, 15) is 9.18 Å². The zero-order chi connectivity index (χ0) is 19.4. The van der Waals surface area contributed by atoms with Gasteiger partial charge in [0.25, 0.3) is 5.91 Å². The number of ether oxygens (including phenoxy) is 1. The van der Waals surface area contributed by atoms with Crippen molar-refractivity contribution in [1.29, 1.82) is 0 Å².